The van der Waals surface area contributed by atoms with Gasteiger partial charge in [0.25, 0.3) is 0 Å². The van der Waals surface area contributed by atoms with Gasteiger partial charge in [0, 0.05) is 0 Å². The Labute approximate surface area is 209 Å². The van der Waals surface area contributed by atoms with Crippen LogP contribution in [0.25, 0.3) is 0 Å². The van der Waals surface area contributed by atoms with E-state index in [9.17, 15) is 9.59 Å². The van der Waals surface area contributed by atoms with Gasteiger partial charge in [-0.1, -0.05) is 123 Å². The van der Waals surface area contributed by atoms with Crippen molar-refractivity contribution in [1.29, 1.82) is 0 Å². The van der Waals surface area contributed by atoms with Crippen LogP contribution in [0.4, 0.5) is 0 Å². The Morgan fingerprint density at radius 2 is 1.12 bits per heavy atom. The molecule has 4 heteroatoms. The second-order valence-electron chi connectivity index (χ2n) is 9.50. The van der Waals surface area contributed by atoms with Gasteiger partial charge < -0.3 is 9.47 Å². The van der Waals surface area contributed by atoms with Crippen molar-refractivity contribution in [2.45, 2.75) is 136 Å². The molecule has 0 radical (unpaired) electrons. The first-order valence-corrected chi connectivity index (χ1v) is 14.1. The van der Waals surface area contributed by atoms with E-state index in [1.807, 2.05) is 6.92 Å². The van der Waals surface area contributed by atoms with Gasteiger partial charge in [-0.15, -0.1) is 0 Å². The quantitative estimate of drug-likeness (QED) is 0.132. The average molecular weight is 475 g/mol. The molecule has 1 aromatic carbocycles. The van der Waals surface area contributed by atoms with Crippen molar-refractivity contribution in [2.75, 3.05) is 6.61 Å². The van der Waals surface area contributed by atoms with Crippen molar-refractivity contribution in [1.82, 2.24) is 0 Å². The van der Waals surface area contributed by atoms with Crippen LogP contribution in [-0.4, -0.2) is 24.6 Å². The smallest absolute Gasteiger partial charge is 0.339 e. The number of hydrogen-bond acceptors (Lipinski definition) is 4. The minimum absolute atomic E-state index is 0.109. The highest BCUT2D eigenvalue weighted by atomic mass is 16.5. The topological polar surface area (TPSA) is 52.6 Å². The van der Waals surface area contributed by atoms with Crippen molar-refractivity contribution in [2.24, 2.45) is 0 Å². The van der Waals surface area contributed by atoms with Crippen LogP contribution in [0, 0.1) is 0 Å². The van der Waals surface area contributed by atoms with Crippen LogP contribution in [0.1, 0.15) is 151 Å². The number of rotatable bonds is 21. The molecule has 0 aromatic heterocycles. The number of hydrogen-bond donors (Lipinski definition) is 0. The molecule has 1 aromatic rings. The Morgan fingerprint density at radius 1 is 0.647 bits per heavy atom. The van der Waals surface area contributed by atoms with Gasteiger partial charge in [-0.25, -0.2) is 9.59 Å². The number of ether oxygens (including phenoxy) is 2. The molecule has 0 aliphatic carbocycles. The largest absolute Gasteiger partial charge is 0.462 e. The summed E-state index contributed by atoms with van der Waals surface area (Å²) >= 11 is 0. The van der Waals surface area contributed by atoms with E-state index >= 15 is 0 Å². The van der Waals surface area contributed by atoms with Crippen molar-refractivity contribution in [3.8, 4) is 0 Å². The zero-order valence-electron chi connectivity index (χ0n) is 22.2. The number of carbonyl (C=O) groups is 2. The maximum absolute atomic E-state index is 12.7. The third kappa shape index (κ3) is 13.8. The SMILES string of the molecule is CCCCCCCCCCCCCCCOC(=O)c1ccccc1C(=O)OC(CC)CCCC. The molecule has 194 valence electrons. The summed E-state index contributed by atoms with van der Waals surface area (Å²) in [7, 11) is 0. The molecule has 1 unspecified atom stereocenters. The maximum Gasteiger partial charge on any atom is 0.339 e. The van der Waals surface area contributed by atoms with Crippen molar-refractivity contribution < 1.29 is 19.1 Å². The summed E-state index contributed by atoms with van der Waals surface area (Å²) < 4.78 is 11.1. The van der Waals surface area contributed by atoms with Gasteiger partial charge in [0.15, 0.2) is 0 Å². The Kier molecular flexibility index (Phi) is 18.2. The highest BCUT2D eigenvalue weighted by molar-refractivity contribution is 6.03. The molecule has 1 rings (SSSR count). The predicted octanol–water partition coefficient (Wildman–Crippen LogP) is 9.06. The van der Waals surface area contributed by atoms with Gasteiger partial charge in [-0.2, -0.15) is 0 Å². The van der Waals surface area contributed by atoms with Crippen molar-refractivity contribution >= 4 is 11.9 Å². The van der Waals surface area contributed by atoms with Gasteiger partial charge >= 0.3 is 11.9 Å². The fraction of sp³-hybridized carbons (Fsp3) is 0.733. The number of esters is 2. The van der Waals surface area contributed by atoms with Gasteiger partial charge in [-0.05, 0) is 31.4 Å². The van der Waals surface area contributed by atoms with Crippen molar-refractivity contribution in [3.05, 3.63) is 35.4 Å². The summed E-state index contributed by atoms with van der Waals surface area (Å²) in [5.41, 5.74) is 0.598. The lowest BCUT2D eigenvalue weighted by Crippen LogP contribution is -2.20. The summed E-state index contributed by atoms with van der Waals surface area (Å²) in [4.78, 5) is 25.3. The van der Waals surface area contributed by atoms with E-state index in [-0.39, 0.29) is 6.10 Å². The van der Waals surface area contributed by atoms with Gasteiger partial charge in [-0.3, -0.25) is 0 Å². The molecule has 4 nitrogen and oxygen atoms in total. The standard InChI is InChI=1S/C30H50O4/c1-4-7-9-10-11-12-13-14-15-16-17-18-21-25-33-29(31)27-23-19-20-24-28(27)30(32)34-26(6-3)22-8-5-2/h19-20,23-24,26H,4-18,21-22,25H2,1-3H3. The zero-order valence-corrected chi connectivity index (χ0v) is 22.2. The first-order valence-electron chi connectivity index (χ1n) is 14.1. The molecular weight excluding hydrogens is 424 g/mol. The Morgan fingerprint density at radius 3 is 1.62 bits per heavy atom. The molecule has 0 heterocycles. The number of unbranched alkanes of at least 4 members (excludes halogenated alkanes) is 13. The molecule has 0 N–H and O–H groups in total. The monoisotopic (exact) mass is 474 g/mol. The molecule has 0 aliphatic heterocycles. The fourth-order valence-electron chi connectivity index (χ4n) is 4.19. The minimum atomic E-state index is -0.437. The molecule has 0 fully saturated rings. The molecule has 0 saturated heterocycles. The summed E-state index contributed by atoms with van der Waals surface area (Å²) in [6, 6.07) is 6.81. The lowest BCUT2D eigenvalue weighted by molar-refractivity contribution is 0.0258. The van der Waals surface area contributed by atoms with E-state index in [1.165, 1.54) is 70.6 Å². The van der Waals surface area contributed by atoms with E-state index in [1.54, 1.807) is 24.3 Å². The van der Waals surface area contributed by atoms with E-state index in [0.717, 1.165) is 38.5 Å². The van der Waals surface area contributed by atoms with Crippen LogP contribution < -0.4 is 0 Å². The molecule has 0 amide bonds. The molecule has 34 heavy (non-hydrogen) atoms. The van der Waals surface area contributed by atoms with Crippen LogP contribution >= 0.6 is 0 Å². The van der Waals surface area contributed by atoms with E-state index in [4.69, 9.17) is 9.47 Å². The van der Waals surface area contributed by atoms with Crippen LogP contribution in [0.5, 0.6) is 0 Å². The normalized spacial score (nSPS) is 11.9. The highest BCUT2D eigenvalue weighted by Crippen LogP contribution is 2.17. The first kappa shape index (κ1) is 30.2. The Balaban J connectivity index is 2.22. The summed E-state index contributed by atoms with van der Waals surface area (Å²) in [5, 5.41) is 0. The lowest BCUT2D eigenvalue weighted by atomic mass is 10.0. The molecule has 1 atom stereocenters. The first-order chi connectivity index (χ1) is 16.6. The predicted molar refractivity (Wildman–Crippen MR) is 141 cm³/mol. The second kappa shape index (κ2) is 20.5. The number of benzene rings is 1. The zero-order chi connectivity index (χ0) is 24.9. The van der Waals surface area contributed by atoms with Gasteiger partial charge in [0.1, 0.15) is 6.10 Å². The third-order valence-corrected chi connectivity index (χ3v) is 6.46. The van der Waals surface area contributed by atoms with Crippen LogP contribution in [0.3, 0.4) is 0 Å². The molecular formula is C30H50O4. The second-order valence-corrected chi connectivity index (χ2v) is 9.50. The third-order valence-electron chi connectivity index (χ3n) is 6.46. The molecule has 0 spiro atoms. The van der Waals surface area contributed by atoms with E-state index < -0.39 is 11.9 Å². The minimum Gasteiger partial charge on any atom is -0.462 e. The summed E-state index contributed by atoms with van der Waals surface area (Å²) in [5.74, 6) is -0.871. The average Bonchev–Trinajstić information content (AvgIpc) is 2.86. The van der Waals surface area contributed by atoms with Gasteiger partial charge in [0.2, 0.25) is 0 Å². The van der Waals surface area contributed by atoms with E-state index in [2.05, 4.69) is 13.8 Å². The molecule has 0 saturated carbocycles. The van der Waals surface area contributed by atoms with Gasteiger partial charge in [0.05, 0.1) is 17.7 Å². The summed E-state index contributed by atoms with van der Waals surface area (Å²) in [6.45, 7) is 6.80. The fourth-order valence-corrected chi connectivity index (χ4v) is 4.19. The van der Waals surface area contributed by atoms with E-state index in [0.29, 0.717) is 17.7 Å². The lowest BCUT2D eigenvalue weighted by Gasteiger charge is -2.17. The molecule has 0 aliphatic rings. The van der Waals surface area contributed by atoms with Crippen LogP contribution in [0.15, 0.2) is 24.3 Å². The Bertz CT molecular complexity index is 655. The van der Waals surface area contributed by atoms with Crippen LogP contribution in [-0.2, 0) is 9.47 Å². The van der Waals surface area contributed by atoms with Crippen molar-refractivity contribution in [3.63, 3.8) is 0 Å². The summed E-state index contributed by atoms with van der Waals surface area (Å²) in [6.07, 6.45) is 20.3. The highest BCUT2D eigenvalue weighted by Gasteiger charge is 2.21. The maximum atomic E-state index is 12.7. The number of carbonyl (C=O) groups excluding carboxylic acids is 2. The van der Waals surface area contributed by atoms with Crippen LogP contribution in [0.2, 0.25) is 0 Å². The molecule has 0 bridgehead atoms. The Hall–Kier alpha value is -1.84.